The van der Waals surface area contributed by atoms with E-state index >= 15 is 0 Å². The molecule has 0 atom stereocenters. The summed E-state index contributed by atoms with van der Waals surface area (Å²) >= 11 is 0. The fourth-order valence-electron chi connectivity index (χ4n) is 2.93. The lowest BCUT2D eigenvalue weighted by Gasteiger charge is -2.14. The smallest absolute Gasteiger partial charge is 0.0701 e. The third kappa shape index (κ3) is 3.00. The summed E-state index contributed by atoms with van der Waals surface area (Å²) in [5.74, 6) is 0.301. The molecule has 1 aliphatic carbocycles. The molecular formula is C18H20O3. The predicted molar refractivity (Wildman–Crippen MR) is 82.4 cm³/mol. The third-order valence-electron chi connectivity index (χ3n) is 3.85. The molecule has 1 N–H and O–H groups in total. The van der Waals surface area contributed by atoms with E-state index in [1.54, 1.807) is 0 Å². The van der Waals surface area contributed by atoms with Gasteiger partial charge in [-0.15, -0.1) is 0 Å². The third-order valence-corrected chi connectivity index (χ3v) is 3.85. The highest BCUT2D eigenvalue weighted by Gasteiger charge is 2.27. The Morgan fingerprint density at radius 2 is 1.33 bits per heavy atom. The summed E-state index contributed by atoms with van der Waals surface area (Å²) in [6.45, 7) is 2.18. The highest BCUT2D eigenvalue weighted by atomic mass is 16.5. The number of hydrogen-bond donors (Lipinski definition) is 1. The first kappa shape index (κ1) is 14.3. The lowest BCUT2D eigenvalue weighted by molar-refractivity contribution is 0.0313. The van der Waals surface area contributed by atoms with Crippen molar-refractivity contribution in [2.45, 2.75) is 5.92 Å². The number of rotatable bonds is 7. The molecule has 0 amide bonds. The Balaban J connectivity index is 1.68. The minimum absolute atomic E-state index is 0.0589. The molecular weight excluding hydrogens is 264 g/mol. The van der Waals surface area contributed by atoms with Crippen LogP contribution >= 0.6 is 0 Å². The van der Waals surface area contributed by atoms with Crippen LogP contribution in [0.2, 0.25) is 0 Å². The Morgan fingerprint density at radius 1 is 0.762 bits per heavy atom. The van der Waals surface area contributed by atoms with Crippen molar-refractivity contribution in [3.63, 3.8) is 0 Å². The number of aliphatic hydroxyl groups excluding tert-OH is 1. The second kappa shape index (κ2) is 6.85. The Morgan fingerprint density at radius 3 is 1.95 bits per heavy atom. The van der Waals surface area contributed by atoms with Crippen molar-refractivity contribution in [3.05, 3.63) is 59.7 Å². The van der Waals surface area contributed by atoms with Crippen LogP contribution in [-0.4, -0.2) is 38.1 Å². The van der Waals surface area contributed by atoms with Crippen LogP contribution in [0.15, 0.2) is 48.5 Å². The normalized spacial score (nSPS) is 13.2. The molecule has 21 heavy (non-hydrogen) atoms. The molecule has 110 valence electrons. The van der Waals surface area contributed by atoms with Crippen LogP contribution in [0, 0.1) is 0 Å². The van der Waals surface area contributed by atoms with Crippen molar-refractivity contribution in [2.75, 3.05) is 33.0 Å². The fraction of sp³-hybridized carbons (Fsp3) is 0.333. The first-order valence-corrected chi connectivity index (χ1v) is 7.36. The summed E-state index contributed by atoms with van der Waals surface area (Å²) in [5.41, 5.74) is 5.32. The fourth-order valence-corrected chi connectivity index (χ4v) is 2.93. The molecule has 0 aromatic heterocycles. The number of fused-ring (bicyclic) bond motifs is 3. The van der Waals surface area contributed by atoms with Gasteiger partial charge in [0.1, 0.15) is 0 Å². The number of aliphatic hydroxyl groups is 1. The van der Waals surface area contributed by atoms with Crippen molar-refractivity contribution in [1.82, 2.24) is 0 Å². The predicted octanol–water partition coefficient (Wildman–Crippen LogP) is 2.82. The van der Waals surface area contributed by atoms with Gasteiger partial charge in [0, 0.05) is 5.92 Å². The molecule has 0 heterocycles. The van der Waals surface area contributed by atoms with E-state index in [4.69, 9.17) is 14.6 Å². The second-order valence-corrected chi connectivity index (χ2v) is 5.14. The zero-order valence-corrected chi connectivity index (χ0v) is 12.0. The first-order chi connectivity index (χ1) is 10.4. The minimum atomic E-state index is 0.0589. The molecule has 1 aliphatic rings. The lowest BCUT2D eigenvalue weighted by Crippen LogP contribution is -2.12. The number of hydrogen-bond acceptors (Lipinski definition) is 3. The topological polar surface area (TPSA) is 38.7 Å². The molecule has 0 aliphatic heterocycles. The zero-order chi connectivity index (χ0) is 14.5. The molecule has 3 rings (SSSR count). The summed E-state index contributed by atoms with van der Waals surface area (Å²) in [7, 11) is 0. The average molecular weight is 284 g/mol. The molecule has 2 aromatic rings. The Kier molecular flexibility index (Phi) is 4.65. The summed E-state index contributed by atoms with van der Waals surface area (Å²) in [6, 6.07) is 17.1. The van der Waals surface area contributed by atoms with Crippen LogP contribution in [0.4, 0.5) is 0 Å². The second-order valence-electron chi connectivity index (χ2n) is 5.14. The van der Waals surface area contributed by atoms with E-state index < -0.39 is 0 Å². The summed E-state index contributed by atoms with van der Waals surface area (Å²) in [5, 5.41) is 8.65. The van der Waals surface area contributed by atoms with Gasteiger partial charge in [0.2, 0.25) is 0 Å². The van der Waals surface area contributed by atoms with Gasteiger partial charge in [-0.3, -0.25) is 0 Å². The maximum absolute atomic E-state index is 8.65. The van der Waals surface area contributed by atoms with Gasteiger partial charge in [-0.1, -0.05) is 48.5 Å². The van der Waals surface area contributed by atoms with E-state index in [0.29, 0.717) is 32.3 Å². The van der Waals surface area contributed by atoms with E-state index in [1.165, 1.54) is 22.3 Å². The summed E-state index contributed by atoms with van der Waals surface area (Å²) in [6.07, 6.45) is 0. The number of benzene rings is 2. The zero-order valence-electron chi connectivity index (χ0n) is 12.0. The van der Waals surface area contributed by atoms with E-state index in [2.05, 4.69) is 48.5 Å². The molecule has 0 saturated heterocycles. The molecule has 0 radical (unpaired) electrons. The van der Waals surface area contributed by atoms with Gasteiger partial charge in [0.25, 0.3) is 0 Å². The standard InChI is InChI=1S/C18H20O3/c19-9-10-20-11-12-21-13-18-16-7-3-1-5-14(16)15-6-2-4-8-17(15)18/h1-8,18-19H,9-13H2. The molecule has 3 nitrogen and oxygen atoms in total. The maximum Gasteiger partial charge on any atom is 0.0701 e. The van der Waals surface area contributed by atoms with Gasteiger partial charge < -0.3 is 14.6 Å². The van der Waals surface area contributed by atoms with E-state index in [1.807, 2.05) is 0 Å². The van der Waals surface area contributed by atoms with Gasteiger partial charge >= 0.3 is 0 Å². The quantitative estimate of drug-likeness (QED) is 0.795. The van der Waals surface area contributed by atoms with Gasteiger partial charge in [-0.2, -0.15) is 0 Å². The molecule has 2 aromatic carbocycles. The van der Waals surface area contributed by atoms with E-state index in [-0.39, 0.29) is 6.61 Å². The van der Waals surface area contributed by atoms with E-state index in [0.717, 1.165) is 0 Å². The van der Waals surface area contributed by atoms with Crippen molar-refractivity contribution < 1.29 is 14.6 Å². The van der Waals surface area contributed by atoms with Gasteiger partial charge in [0.05, 0.1) is 33.0 Å². The Labute approximate surface area is 125 Å². The molecule has 0 fully saturated rings. The van der Waals surface area contributed by atoms with Crippen LogP contribution in [0.1, 0.15) is 17.0 Å². The molecule has 0 unspecified atom stereocenters. The molecule has 0 bridgehead atoms. The van der Waals surface area contributed by atoms with Crippen LogP contribution in [-0.2, 0) is 9.47 Å². The highest BCUT2D eigenvalue weighted by molar-refractivity contribution is 5.78. The lowest BCUT2D eigenvalue weighted by atomic mass is 9.98. The van der Waals surface area contributed by atoms with Crippen molar-refractivity contribution in [3.8, 4) is 11.1 Å². The van der Waals surface area contributed by atoms with Crippen molar-refractivity contribution in [1.29, 1.82) is 0 Å². The van der Waals surface area contributed by atoms with Crippen LogP contribution < -0.4 is 0 Å². The van der Waals surface area contributed by atoms with Crippen molar-refractivity contribution in [2.24, 2.45) is 0 Å². The SMILES string of the molecule is OCCOCCOCC1c2ccccc2-c2ccccc21. The average Bonchev–Trinajstić information content (AvgIpc) is 2.85. The van der Waals surface area contributed by atoms with Gasteiger partial charge in [-0.25, -0.2) is 0 Å². The largest absolute Gasteiger partial charge is 0.394 e. The Bertz CT molecular complexity index is 549. The molecule has 0 spiro atoms. The first-order valence-electron chi connectivity index (χ1n) is 7.36. The maximum atomic E-state index is 8.65. The van der Waals surface area contributed by atoms with Crippen LogP contribution in [0.3, 0.4) is 0 Å². The minimum Gasteiger partial charge on any atom is -0.394 e. The summed E-state index contributed by atoms with van der Waals surface area (Å²) < 4.78 is 11.0. The van der Waals surface area contributed by atoms with E-state index in [9.17, 15) is 0 Å². The number of ether oxygens (including phenoxy) is 2. The van der Waals surface area contributed by atoms with Gasteiger partial charge in [-0.05, 0) is 22.3 Å². The molecule has 0 saturated carbocycles. The Hall–Kier alpha value is -1.68. The summed E-state index contributed by atoms with van der Waals surface area (Å²) in [4.78, 5) is 0. The van der Waals surface area contributed by atoms with Gasteiger partial charge in [0.15, 0.2) is 0 Å². The van der Waals surface area contributed by atoms with Crippen molar-refractivity contribution >= 4 is 0 Å². The van der Waals surface area contributed by atoms with Crippen LogP contribution in [0.5, 0.6) is 0 Å². The monoisotopic (exact) mass is 284 g/mol. The highest BCUT2D eigenvalue weighted by Crippen LogP contribution is 2.44. The molecule has 3 heteroatoms. The van der Waals surface area contributed by atoms with Crippen LogP contribution in [0.25, 0.3) is 11.1 Å².